The van der Waals surface area contributed by atoms with Gasteiger partial charge in [-0.3, -0.25) is 4.90 Å². The molecule has 20 heavy (non-hydrogen) atoms. The Labute approximate surface area is 123 Å². The lowest BCUT2D eigenvalue weighted by molar-refractivity contribution is 0.188. The third kappa shape index (κ3) is 3.97. The minimum absolute atomic E-state index is 0.276. The van der Waals surface area contributed by atoms with Crippen LogP contribution in [0.2, 0.25) is 0 Å². The molecule has 0 bridgehead atoms. The maximum Gasteiger partial charge on any atom is 0.124 e. The third-order valence-electron chi connectivity index (χ3n) is 3.94. The summed E-state index contributed by atoms with van der Waals surface area (Å²) in [6.07, 6.45) is 3.93. The van der Waals surface area contributed by atoms with Crippen molar-refractivity contribution in [2.75, 3.05) is 26.2 Å². The summed E-state index contributed by atoms with van der Waals surface area (Å²) >= 11 is 0. The normalized spacial score (nSPS) is 16.4. The Morgan fingerprint density at radius 1 is 1.30 bits per heavy atom. The van der Waals surface area contributed by atoms with Crippen molar-refractivity contribution in [3.63, 3.8) is 0 Å². The highest BCUT2D eigenvalue weighted by atomic mass is 16.5. The fourth-order valence-electron chi connectivity index (χ4n) is 2.81. The minimum atomic E-state index is 0.276. The summed E-state index contributed by atoms with van der Waals surface area (Å²) in [6.45, 7) is 7.90. The summed E-state index contributed by atoms with van der Waals surface area (Å²) in [5.74, 6) is 1.87. The molecule has 2 N–H and O–H groups in total. The van der Waals surface area contributed by atoms with E-state index in [9.17, 15) is 0 Å². The molecule has 0 saturated heterocycles. The van der Waals surface area contributed by atoms with Crippen LogP contribution in [0.3, 0.4) is 0 Å². The largest absolute Gasteiger partial charge is 0.494 e. The van der Waals surface area contributed by atoms with E-state index in [-0.39, 0.29) is 6.04 Å². The Morgan fingerprint density at radius 3 is 2.65 bits per heavy atom. The van der Waals surface area contributed by atoms with Crippen molar-refractivity contribution in [2.24, 2.45) is 11.7 Å². The second-order valence-corrected chi connectivity index (χ2v) is 5.66. The van der Waals surface area contributed by atoms with Crippen molar-refractivity contribution in [2.45, 2.75) is 39.2 Å². The van der Waals surface area contributed by atoms with Gasteiger partial charge in [0.2, 0.25) is 0 Å². The van der Waals surface area contributed by atoms with E-state index in [2.05, 4.69) is 30.0 Å². The summed E-state index contributed by atoms with van der Waals surface area (Å²) in [4.78, 5) is 2.55. The summed E-state index contributed by atoms with van der Waals surface area (Å²) < 4.78 is 5.79. The van der Waals surface area contributed by atoms with Gasteiger partial charge in [-0.1, -0.05) is 25.1 Å². The molecule has 0 aliphatic heterocycles. The first-order valence-corrected chi connectivity index (χ1v) is 7.95. The molecule has 112 valence electrons. The van der Waals surface area contributed by atoms with E-state index in [1.807, 2.05) is 13.0 Å². The van der Waals surface area contributed by atoms with E-state index in [0.29, 0.717) is 13.2 Å². The van der Waals surface area contributed by atoms with E-state index in [0.717, 1.165) is 18.2 Å². The quantitative estimate of drug-likeness (QED) is 0.752. The lowest BCUT2D eigenvalue weighted by Crippen LogP contribution is -2.36. The smallest absolute Gasteiger partial charge is 0.124 e. The van der Waals surface area contributed by atoms with E-state index >= 15 is 0 Å². The molecule has 1 aliphatic carbocycles. The molecule has 1 aromatic carbocycles. The summed E-state index contributed by atoms with van der Waals surface area (Å²) in [5.41, 5.74) is 7.34. The van der Waals surface area contributed by atoms with Gasteiger partial charge in [-0.05, 0) is 44.7 Å². The van der Waals surface area contributed by atoms with Gasteiger partial charge < -0.3 is 10.5 Å². The second-order valence-electron chi connectivity index (χ2n) is 5.66. The van der Waals surface area contributed by atoms with E-state index in [1.54, 1.807) is 0 Å². The van der Waals surface area contributed by atoms with Gasteiger partial charge in [0.1, 0.15) is 5.75 Å². The van der Waals surface area contributed by atoms with Crippen LogP contribution in [0.5, 0.6) is 5.75 Å². The molecule has 3 nitrogen and oxygen atoms in total. The molecule has 1 saturated carbocycles. The van der Waals surface area contributed by atoms with Gasteiger partial charge in [-0.15, -0.1) is 0 Å². The highest BCUT2D eigenvalue weighted by molar-refractivity contribution is 5.36. The highest BCUT2D eigenvalue weighted by Gasteiger charge is 2.29. The van der Waals surface area contributed by atoms with Gasteiger partial charge >= 0.3 is 0 Å². The predicted octanol–water partition coefficient (Wildman–Crippen LogP) is 3.21. The van der Waals surface area contributed by atoms with Gasteiger partial charge in [0.15, 0.2) is 0 Å². The van der Waals surface area contributed by atoms with Crippen LogP contribution < -0.4 is 10.5 Å². The maximum absolute atomic E-state index is 6.10. The Balaban J connectivity index is 2.19. The van der Waals surface area contributed by atoms with Gasteiger partial charge in [-0.2, -0.15) is 0 Å². The monoisotopic (exact) mass is 276 g/mol. The Hall–Kier alpha value is -1.06. The second kappa shape index (κ2) is 7.65. The van der Waals surface area contributed by atoms with Gasteiger partial charge in [0.05, 0.1) is 12.6 Å². The van der Waals surface area contributed by atoms with E-state index in [1.165, 1.54) is 31.4 Å². The van der Waals surface area contributed by atoms with Crippen molar-refractivity contribution in [1.82, 2.24) is 4.90 Å². The third-order valence-corrected chi connectivity index (χ3v) is 3.94. The molecule has 0 aromatic heterocycles. The predicted molar refractivity (Wildman–Crippen MR) is 84.0 cm³/mol. The summed E-state index contributed by atoms with van der Waals surface area (Å²) in [5, 5.41) is 0. The first kappa shape index (κ1) is 15.3. The molecule has 3 heteroatoms. The van der Waals surface area contributed by atoms with Crippen molar-refractivity contribution in [1.29, 1.82) is 0 Å². The molecular weight excluding hydrogens is 248 g/mol. The molecule has 1 aromatic rings. The Morgan fingerprint density at radius 2 is 2.05 bits per heavy atom. The van der Waals surface area contributed by atoms with Crippen LogP contribution in [0, 0.1) is 5.92 Å². The number of nitrogens with two attached hydrogens (primary N) is 1. The SMILES string of the molecule is CCCN(CC1CC1)C(CN)c1ccccc1OCC. The number of hydrogen-bond donors (Lipinski definition) is 1. The fourth-order valence-corrected chi connectivity index (χ4v) is 2.81. The minimum Gasteiger partial charge on any atom is -0.494 e. The Bertz CT molecular complexity index is 404. The number of rotatable bonds is 9. The van der Waals surface area contributed by atoms with Crippen LogP contribution in [0.25, 0.3) is 0 Å². The van der Waals surface area contributed by atoms with Crippen LogP contribution in [-0.4, -0.2) is 31.1 Å². The van der Waals surface area contributed by atoms with Gasteiger partial charge in [-0.25, -0.2) is 0 Å². The number of nitrogens with zero attached hydrogens (tertiary/aromatic N) is 1. The molecular formula is C17H28N2O. The van der Waals surface area contributed by atoms with E-state index in [4.69, 9.17) is 10.5 Å². The van der Waals surface area contributed by atoms with Crippen LogP contribution in [0.4, 0.5) is 0 Å². The number of benzene rings is 1. The standard InChI is InChI=1S/C17H28N2O/c1-3-11-19(13-14-9-10-14)16(12-18)15-7-5-6-8-17(15)20-4-2/h5-8,14,16H,3-4,9-13,18H2,1-2H3. The summed E-state index contributed by atoms with van der Waals surface area (Å²) in [7, 11) is 0. The lowest BCUT2D eigenvalue weighted by Gasteiger charge is -2.32. The molecule has 1 unspecified atom stereocenters. The first-order valence-electron chi connectivity index (χ1n) is 7.95. The zero-order valence-electron chi connectivity index (χ0n) is 12.8. The fraction of sp³-hybridized carbons (Fsp3) is 0.647. The topological polar surface area (TPSA) is 38.5 Å². The summed E-state index contributed by atoms with van der Waals surface area (Å²) in [6, 6.07) is 8.62. The molecule has 0 heterocycles. The first-order chi connectivity index (χ1) is 9.80. The highest BCUT2D eigenvalue weighted by Crippen LogP contribution is 2.35. The van der Waals surface area contributed by atoms with Crippen molar-refractivity contribution in [3.8, 4) is 5.75 Å². The van der Waals surface area contributed by atoms with E-state index < -0.39 is 0 Å². The van der Waals surface area contributed by atoms with Crippen molar-refractivity contribution in [3.05, 3.63) is 29.8 Å². The number of ether oxygens (including phenoxy) is 1. The number of para-hydroxylation sites is 1. The molecule has 1 aliphatic rings. The van der Waals surface area contributed by atoms with Crippen LogP contribution in [0.1, 0.15) is 44.7 Å². The number of hydrogen-bond acceptors (Lipinski definition) is 3. The molecule has 1 atom stereocenters. The molecule has 0 radical (unpaired) electrons. The zero-order chi connectivity index (χ0) is 14.4. The van der Waals surface area contributed by atoms with Crippen LogP contribution >= 0.6 is 0 Å². The average molecular weight is 276 g/mol. The molecule has 2 rings (SSSR count). The molecule has 0 amide bonds. The molecule has 1 fully saturated rings. The van der Waals surface area contributed by atoms with Gasteiger partial charge in [0.25, 0.3) is 0 Å². The van der Waals surface area contributed by atoms with Crippen LogP contribution in [-0.2, 0) is 0 Å². The van der Waals surface area contributed by atoms with Crippen LogP contribution in [0.15, 0.2) is 24.3 Å². The Kier molecular flexibility index (Phi) is 5.86. The van der Waals surface area contributed by atoms with Crippen molar-refractivity contribution >= 4 is 0 Å². The average Bonchev–Trinajstić information content (AvgIpc) is 3.26. The maximum atomic E-state index is 6.10. The van der Waals surface area contributed by atoms with Gasteiger partial charge in [0, 0.05) is 18.7 Å². The molecule has 0 spiro atoms. The lowest BCUT2D eigenvalue weighted by atomic mass is 10.0. The zero-order valence-corrected chi connectivity index (χ0v) is 12.8. The van der Waals surface area contributed by atoms with Crippen molar-refractivity contribution < 1.29 is 4.74 Å².